The van der Waals surface area contributed by atoms with Crippen LogP contribution in [0.3, 0.4) is 0 Å². The molecule has 0 saturated heterocycles. The molecule has 0 heterocycles. The summed E-state index contributed by atoms with van der Waals surface area (Å²) < 4.78 is 10.8. The molecule has 0 aromatic rings. The summed E-state index contributed by atoms with van der Waals surface area (Å²) in [6.07, 6.45) is 8.26. The van der Waals surface area contributed by atoms with Gasteiger partial charge in [0.25, 0.3) is 0 Å². The van der Waals surface area contributed by atoms with Gasteiger partial charge in [0.15, 0.2) is 0 Å². The molecule has 0 aromatic heterocycles. The standard InChI is InChI=1S/C37H60O8/c1-22(2)24-12-17-37(32(42)43)19-18-35(7)26(30(24)37)10-11-27-34(6,15-14-28(38)44-9)25(13-16-36(27,35)8)23(3)21-45-29(39)20-33(4,5)31(40)41/h22-27,30H,10-21H2,1-9H3,(H,40,41)(H,42,43)/t23?,24-,25-,26+,27+,30+,34-,35+,36+,37-/m0/s1. The highest BCUT2D eigenvalue weighted by atomic mass is 16.5. The average molecular weight is 633 g/mol. The molecular formula is C37H60O8. The van der Waals surface area contributed by atoms with E-state index in [4.69, 9.17) is 9.47 Å². The summed E-state index contributed by atoms with van der Waals surface area (Å²) in [5.41, 5.74) is -2.04. The van der Waals surface area contributed by atoms with E-state index in [0.717, 1.165) is 51.4 Å². The van der Waals surface area contributed by atoms with Crippen molar-refractivity contribution in [1.29, 1.82) is 0 Å². The van der Waals surface area contributed by atoms with Gasteiger partial charge in [-0.3, -0.25) is 19.2 Å². The molecule has 0 aliphatic heterocycles. The van der Waals surface area contributed by atoms with Crippen LogP contribution in [0.25, 0.3) is 0 Å². The van der Waals surface area contributed by atoms with E-state index in [-0.39, 0.29) is 53.0 Å². The number of carbonyl (C=O) groups is 4. The number of hydrogen-bond acceptors (Lipinski definition) is 6. The van der Waals surface area contributed by atoms with E-state index in [1.54, 1.807) is 0 Å². The number of methoxy groups -OCH3 is 1. The van der Waals surface area contributed by atoms with Gasteiger partial charge in [-0.25, -0.2) is 0 Å². The summed E-state index contributed by atoms with van der Waals surface area (Å²) in [6, 6.07) is 0. The molecule has 0 radical (unpaired) electrons. The molecule has 0 amide bonds. The first-order chi connectivity index (χ1) is 20.8. The maximum atomic E-state index is 13.0. The molecule has 45 heavy (non-hydrogen) atoms. The fourth-order valence-electron chi connectivity index (χ4n) is 11.8. The van der Waals surface area contributed by atoms with Crippen molar-refractivity contribution in [2.75, 3.05) is 13.7 Å². The fraction of sp³-hybridized carbons (Fsp3) is 0.892. The minimum absolute atomic E-state index is 0.00731. The Morgan fingerprint density at radius 1 is 0.867 bits per heavy atom. The Labute approximate surface area is 270 Å². The van der Waals surface area contributed by atoms with Crippen LogP contribution in [0, 0.1) is 68.5 Å². The molecule has 0 spiro atoms. The van der Waals surface area contributed by atoms with Gasteiger partial charge in [0.1, 0.15) is 0 Å². The smallest absolute Gasteiger partial charge is 0.309 e. The summed E-state index contributed by atoms with van der Waals surface area (Å²) >= 11 is 0. The van der Waals surface area contributed by atoms with Crippen LogP contribution < -0.4 is 0 Å². The van der Waals surface area contributed by atoms with Gasteiger partial charge < -0.3 is 19.7 Å². The van der Waals surface area contributed by atoms with Gasteiger partial charge in [0, 0.05) is 6.42 Å². The van der Waals surface area contributed by atoms with Crippen LogP contribution in [-0.4, -0.2) is 47.8 Å². The maximum Gasteiger partial charge on any atom is 0.309 e. The van der Waals surface area contributed by atoms with Crippen molar-refractivity contribution in [2.24, 2.45) is 68.5 Å². The van der Waals surface area contributed by atoms with Gasteiger partial charge in [-0.15, -0.1) is 0 Å². The molecule has 4 aliphatic rings. The van der Waals surface area contributed by atoms with Crippen LogP contribution in [-0.2, 0) is 28.7 Å². The monoisotopic (exact) mass is 632 g/mol. The van der Waals surface area contributed by atoms with Crippen LogP contribution in [0.4, 0.5) is 0 Å². The van der Waals surface area contributed by atoms with E-state index in [2.05, 4.69) is 41.5 Å². The molecule has 8 nitrogen and oxygen atoms in total. The maximum absolute atomic E-state index is 13.0. The molecule has 4 saturated carbocycles. The number of esters is 2. The zero-order valence-electron chi connectivity index (χ0n) is 29.4. The highest BCUT2D eigenvalue weighted by Crippen LogP contribution is 2.76. The van der Waals surface area contributed by atoms with Crippen molar-refractivity contribution in [3.05, 3.63) is 0 Å². The number of hydrogen-bond donors (Lipinski definition) is 2. The van der Waals surface area contributed by atoms with E-state index < -0.39 is 28.7 Å². The van der Waals surface area contributed by atoms with Crippen LogP contribution >= 0.6 is 0 Å². The summed E-state index contributed by atoms with van der Waals surface area (Å²) in [6.45, 7) is 17.2. The van der Waals surface area contributed by atoms with Gasteiger partial charge >= 0.3 is 23.9 Å². The largest absolute Gasteiger partial charge is 0.481 e. The van der Waals surface area contributed by atoms with E-state index >= 15 is 0 Å². The number of carboxylic acids is 2. The minimum atomic E-state index is -1.19. The Morgan fingerprint density at radius 2 is 1.53 bits per heavy atom. The van der Waals surface area contributed by atoms with E-state index in [0.29, 0.717) is 36.5 Å². The molecular weight excluding hydrogens is 572 g/mol. The molecule has 10 atom stereocenters. The van der Waals surface area contributed by atoms with Crippen LogP contribution in [0.15, 0.2) is 0 Å². The molecule has 4 fully saturated rings. The Kier molecular flexibility index (Phi) is 9.91. The Morgan fingerprint density at radius 3 is 2.11 bits per heavy atom. The molecule has 0 bridgehead atoms. The Hall–Kier alpha value is -2.12. The highest BCUT2D eigenvalue weighted by molar-refractivity contribution is 5.81. The highest BCUT2D eigenvalue weighted by Gasteiger charge is 2.71. The summed E-state index contributed by atoms with van der Waals surface area (Å²) in [7, 11) is 1.43. The lowest BCUT2D eigenvalue weighted by Gasteiger charge is -2.71. The summed E-state index contributed by atoms with van der Waals surface area (Å²) in [5, 5.41) is 20.1. The fourth-order valence-corrected chi connectivity index (χ4v) is 11.8. The number of aliphatic carboxylic acids is 2. The zero-order chi connectivity index (χ0) is 33.8. The van der Waals surface area contributed by atoms with Crippen molar-refractivity contribution in [3.63, 3.8) is 0 Å². The Balaban J connectivity index is 1.64. The van der Waals surface area contributed by atoms with Crippen molar-refractivity contribution in [1.82, 2.24) is 0 Å². The zero-order valence-corrected chi connectivity index (χ0v) is 29.4. The normalized spacial score (nSPS) is 40.1. The molecule has 1 unspecified atom stereocenters. The molecule has 0 aromatic carbocycles. The molecule has 8 heteroatoms. The van der Waals surface area contributed by atoms with Crippen molar-refractivity contribution >= 4 is 23.9 Å². The number of carbonyl (C=O) groups excluding carboxylic acids is 2. The number of fused-ring (bicyclic) bond motifs is 5. The van der Waals surface area contributed by atoms with Crippen LogP contribution in [0.1, 0.15) is 126 Å². The van der Waals surface area contributed by atoms with E-state index in [1.807, 2.05) is 0 Å². The second-order valence-electron chi connectivity index (χ2n) is 17.3. The first-order valence-corrected chi connectivity index (χ1v) is 17.5. The van der Waals surface area contributed by atoms with Crippen molar-refractivity contribution < 1.29 is 38.9 Å². The lowest BCUT2D eigenvalue weighted by molar-refractivity contribution is -0.229. The van der Waals surface area contributed by atoms with E-state index in [9.17, 15) is 29.4 Å². The molecule has 2 N–H and O–H groups in total. The van der Waals surface area contributed by atoms with Gasteiger partial charge in [-0.2, -0.15) is 0 Å². The average Bonchev–Trinajstić information content (AvgIpc) is 3.36. The number of carboxylic acid groups (broad SMARTS) is 2. The molecule has 4 rings (SSSR count). The predicted octanol–water partition coefficient (Wildman–Crippen LogP) is 7.62. The minimum Gasteiger partial charge on any atom is -0.481 e. The summed E-state index contributed by atoms with van der Waals surface area (Å²) in [4.78, 5) is 49.8. The Bertz CT molecular complexity index is 1160. The SMILES string of the molecule is COC(=O)CC[C@]1(C)[C@H]2CC[C@@H]3[C@H]4[C@H](C(C)C)CC[C@]4(C(=O)O)CC[C@@]3(C)[C@]2(C)CC[C@H]1C(C)COC(=O)CC(C)(C)C(=O)O. The third-order valence-corrected chi connectivity index (χ3v) is 14.6. The second kappa shape index (κ2) is 12.5. The number of ether oxygens (including phenoxy) is 2. The van der Waals surface area contributed by atoms with Crippen molar-refractivity contribution in [3.8, 4) is 0 Å². The molecule has 256 valence electrons. The second-order valence-corrected chi connectivity index (χ2v) is 17.3. The van der Waals surface area contributed by atoms with Gasteiger partial charge in [0.05, 0.1) is 31.0 Å². The van der Waals surface area contributed by atoms with Gasteiger partial charge in [0.2, 0.25) is 0 Å². The predicted molar refractivity (Wildman–Crippen MR) is 171 cm³/mol. The van der Waals surface area contributed by atoms with Gasteiger partial charge in [-0.05, 0) is 129 Å². The van der Waals surface area contributed by atoms with Crippen LogP contribution in [0.5, 0.6) is 0 Å². The van der Waals surface area contributed by atoms with Crippen LogP contribution in [0.2, 0.25) is 0 Å². The molecule has 4 aliphatic carbocycles. The van der Waals surface area contributed by atoms with Crippen molar-refractivity contribution in [2.45, 2.75) is 126 Å². The first-order valence-electron chi connectivity index (χ1n) is 17.5. The number of rotatable bonds is 11. The third-order valence-electron chi connectivity index (χ3n) is 14.6. The topological polar surface area (TPSA) is 127 Å². The third kappa shape index (κ3) is 5.83. The lowest BCUT2D eigenvalue weighted by Crippen LogP contribution is -2.65. The first kappa shape index (κ1) is 35.7. The summed E-state index contributed by atoms with van der Waals surface area (Å²) in [5.74, 6) is -0.339. The van der Waals surface area contributed by atoms with Gasteiger partial charge in [-0.1, -0.05) is 41.5 Å². The lowest BCUT2D eigenvalue weighted by atomic mass is 9.33. The van der Waals surface area contributed by atoms with E-state index in [1.165, 1.54) is 21.0 Å². The quantitative estimate of drug-likeness (QED) is 0.223.